The molecule has 2 nitrogen and oxygen atoms in total. The first-order valence-corrected chi connectivity index (χ1v) is 5.18. The van der Waals surface area contributed by atoms with Gasteiger partial charge < -0.3 is 10.2 Å². The van der Waals surface area contributed by atoms with Crippen molar-refractivity contribution in [3.63, 3.8) is 0 Å². The summed E-state index contributed by atoms with van der Waals surface area (Å²) in [4.78, 5) is 0. The third-order valence-electron chi connectivity index (χ3n) is 4.30. The van der Waals surface area contributed by atoms with E-state index in [2.05, 4.69) is 12.2 Å². The fraction of sp³-hybridized carbons (Fsp3) is 0.818. The SMILES string of the molecule is C[C@]1(O)C[C@@H]2C=C[C@@H]3C[C@@H](O)[C@H]1[C@@H]32. The van der Waals surface area contributed by atoms with Crippen LogP contribution in [0.5, 0.6) is 0 Å². The molecule has 0 aromatic heterocycles. The zero-order chi connectivity index (χ0) is 9.22. The minimum absolute atomic E-state index is 0.123. The molecule has 0 aromatic rings. The van der Waals surface area contributed by atoms with Gasteiger partial charge in [0.15, 0.2) is 0 Å². The van der Waals surface area contributed by atoms with Gasteiger partial charge in [-0.25, -0.2) is 0 Å². The molecular weight excluding hydrogens is 164 g/mol. The Hall–Kier alpha value is -0.340. The topological polar surface area (TPSA) is 40.5 Å². The van der Waals surface area contributed by atoms with Crippen LogP contribution >= 0.6 is 0 Å². The lowest BCUT2D eigenvalue weighted by Crippen LogP contribution is -2.36. The molecule has 2 saturated carbocycles. The highest BCUT2D eigenvalue weighted by Crippen LogP contribution is 2.58. The van der Waals surface area contributed by atoms with Crippen LogP contribution in [0.1, 0.15) is 19.8 Å². The van der Waals surface area contributed by atoms with Gasteiger partial charge in [-0.3, -0.25) is 0 Å². The Balaban J connectivity index is 2.03. The first kappa shape index (κ1) is 8.01. The molecular formula is C11H16O2. The van der Waals surface area contributed by atoms with E-state index in [9.17, 15) is 10.2 Å². The maximum atomic E-state index is 10.2. The van der Waals surface area contributed by atoms with Gasteiger partial charge in [-0.2, -0.15) is 0 Å². The number of allylic oxidation sites excluding steroid dienone is 2. The summed E-state index contributed by atoms with van der Waals surface area (Å²) in [6, 6.07) is 0. The number of aliphatic hydroxyl groups is 2. The molecule has 2 fully saturated rings. The summed E-state index contributed by atoms with van der Waals surface area (Å²) in [5, 5.41) is 20.0. The smallest absolute Gasteiger partial charge is 0.0681 e. The van der Waals surface area contributed by atoms with Crippen LogP contribution in [0.4, 0.5) is 0 Å². The number of aliphatic hydroxyl groups excluding tert-OH is 1. The zero-order valence-corrected chi connectivity index (χ0v) is 7.85. The Morgan fingerprint density at radius 1 is 1.31 bits per heavy atom. The van der Waals surface area contributed by atoms with Crippen molar-refractivity contribution in [2.75, 3.05) is 0 Å². The second kappa shape index (κ2) is 2.18. The third-order valence-corrected chi connectivity index (χ3v) is 4.30. The van der Waals surface area contributed by atoms with E-state index in [1.54, 1.807) is 0 Å². The molecule has 0 unspecified atom stereocenters. The van der Waals surface area contributed by atoms with Gasteiger partial charge in [0.25, 0.3) is 0 Å². The van der Waals surface area contributed by atoms with Crippen molar-refractivity contribution >= 4 is 0 Å². The molecule has 0 heterocycles. The molecule has 2 heteroatoms. The summed E-state index contributed by atoms with van der Waals surface area (Å²) in [6.45, 7) is 1.88. The Morgan fingerprint density at radius 3 is 2.77 bits per heavy atom. The van der Waals surface area contributed by atoms with E-state index in [0.29, 0.717) is 17.8 Å². The van der Waals surface area contributed by atoms with Gasteiger partial charge in [-0.1, -0.05) is 12.2 Å². The Morgan fingerprint density at radius 2 is 2.00 bits per heavy atom. The summed E-state index contributed by atoms with van der Waals surface area (Å²) in [6.07, 6.45) is 5.91. The molecule has 0 bridgehead atoms. The van der Waals surface area contributed by atoms with Crippen LogP contribution in [0.2, 0.25) is 0 Å². The standard InChI is InChI=1S/C11H16O2/c1-11(13)5-7-3-2-6-4-8(12)10(11)9(6)7/h2-3,6-10,12-13H,4-5H2,1H3/t6-,7+,8-,9+,10+,11+/m1/s1. The van der Waals surface area contributed by atoms with E-state index in [4.69, 9.17) is 0 Å². The van der Waals surface area contributed by atoms with Crippen LogP contribution in [-0.4, -0.2) is 21.9 Å². The van der Waals surface area contributed by atoms with Crippen molar-refractivity contribution in [1.82, 2.24) is 0 Å². The normalized spacial score (nSPS) is 63.2. The molecule has 3 rings (SSSR count). The highest BCUT2D eigenvalue weighted by Gasteiger charge is 2.59. The average Bonchev–Trinajstić information content (AvgIpc) is 2.55. The van der Waals surface area contributed by atoms with E-state index in [-0.39, 0.29) is 12.0 Å². The van der Waals surface area contributed by atoms with Crippen LogP contribution in [-0.2, 0) is 0 Å². The molecule has 13 heavy (non-hydrogen) atoms. The van der Waals surface area contributed by atoms with Gasteiger partial charge >= 0.3 is 0 Å². The third kappa shape index (κ3) is 0.856. The molecule has 0 amide bonds. The molecule has 0 aromatic carbocycles. The van der Waals surface area contributed by atoms with Gasteiger partial charge in [0, 0.05) is 5.92 Å². The van der Waals surface area contributed by atoms with Crippen molar-refractivity contribution < 1.29 is 10.2 Å². The Bertz CT molecular complexity index is 269. The van der Waals surface area contributed by atoms with Crippen molar-refractivity contribution in [2.24, 2.45) is 23.7 Å². The van der Waals surface area contributed by atoms with Gasteiger partial charge in [0.05, 0.1) is 11.7 Å². The lowest BCUT2D eigenvalue weighted by molar-refractivity contribution is -0.0338. The van der Waals surface area contributed by atoms with Crippen LogP contribution in [0.3, 0.4) is 0 Å². The lowest BCUT2D eigenvalue weighted by Gasteiger charge is -2.27. The van der Waals surface area contributed by atoms with Crippen molar-refractivity contribution in [2.45, 2.75) is 31.5 Å². The number of rotatable bonds is 0. The molecule has 0 spiro atoms. The van der Waals surface area contributed by atoms with Crippen molar-refractivity contribution in [3.8, 4) is 0 Å². The maximum Gasteiger partial charge on any atom is 0.0681 e. The molecule has 0 radical (unpaired) electrons. The summed E-state index contributed by atoms with van der Waals surface area (Å²) in [7, 11) is 0. The molecule has 6 atom stereocenters. The Labute approximate surface area is 78.3 Å². The summed E-state index contributed by atoms with van der Waals surface area (Å²) in [5.74, 6) is 1.73. The van der Waals surface area contributed by atoms with Crippen molar-refractivity contribution in [3.05, 3.63) is 12.2 Å². The first-order chi connectivity index (χ1) is 6.09. The molecule has 72 valence electrons. The van der Waals surface area contributed by atoms with Crippen LogP contribution < -0.4 is 0 Å². The first-order valence-electron chi connectivity index (χ1n) is 5.18. The van der Waals surface area contributed by atoms with Gasteiger partial charge in [-0.15, -0.1) is 0 Å². The number of hydrogen-bond acceptors (Lipinski definition) is 2. The largest absolute Gasteiger partial charge is 0.393 e. The highest BCUT2D eigenvalue weighted by molar-refractivity contribution is 5.21. The summed E-state index contributed by atoms with van der Waals surface area (Å²) in [5.41, 5.74) is -0.631. The predicted molar refractivity (Wildman–Crippen MR) is 49.0 cm³/mol. The fourth-order valence-corrected chi connectivity index (χ4v) is 3.96. The maximum absolute atomic E-state index is 10.2. The molecule has 0 aliphatic heterocycles. The zero-order valence-electron chi connectivity index (χ0n) is 7.85. The summed E-state index contributed by atoms with van der Waals surface area (Å²) < 4.78 is 0. The second-order valence-electron chi connectivity index (χ2n) is 5.18. The molecule has 3 aliphatic rings. The van der Waals surface area contributed by atoms with Gasteiger partial charge in [0.1, 0.15) is 0 Å². The molecule has 0 saturated heterocycles. The average molecular weight is 180 g/mol. The predicted octanol–water partition coefficient (Wildman–Crippen LogP) is 0.940. The lowest BCUT2D eigenvalue weighted by atomic mass is 9.86. The van der Waals surface area contributed by atoms with E-state index in [0.717, 1.165) is 12.8 Å². The van der Waals surface area contributed by atoms with E-state index in [1.807, 2.05) is 6.92 Å². The number of hydrogen-bond donors (Lipinski definition) is 2. The molecule has 3 aliphatic carbocycles. The van der Waals surface area contributed by atoms with Crippen molar-refractivity contribution in [1.29, 1.82) is 0 Å². The highest BCUT2D eigenvalue weighted by atomic mass is 16.3. The van der Waals surface area contributed by atoms with Crippen LogP contribution in [0.25, 0.3) is 0 Å². The molecule has 2 N–H and O–H groups in total. The van der Waals surface area contributed by atoms with Gasteiger partial charge in [-0.05, 0) is 37.5 Å². The minimum atomic E-state index is -0.631. The Kier molecular flexibility index (Phi) is 1.34. The van der Waals surface area contributed by atoms with Crippen LogP contribution in [0.15, 0.2) is 12.2 Å². The van der Waals surface area contributed by atoms with Gasteiger partial charge in [0.2, 0.25) is 0 Å². The minimum Gasteiger partial charge on any atom is -0.393 e. The second-order valence-corrected chi connectivity index (χ2v) is 5.18. The summed E-state index contributed by atoms with van der Waals surface area (Å²) >= 11 is 0. The monoisotopic (exact) mass is 180 g/mol. The van der Waals surface area contributed by atoms with E-state index in [1.165, 1.54) is 0 Å². The quantitative estimate of drug-likeness (QED) is 0.545. The van der Waals surface area contributed by atoms with E-state index < -0.39 is 5.60 Å². The van der Waals surface area contributed by atoms with E-state index >= 15 is 0 Å². The fourth-order valence-electron chi connectivity index (χ4n) is 3.96. The van der Waals surface area contributed by atoms with Crippen LogP contribution in [0, 0.1) is 23.7 Å².